The number of benzene rings is 2. The summed E-state index contributed by atoms with van der Waals surface area (Å²) >= 11 is 6.10. The van der Waals surface area contributed by atoms with E-state index in [9.17, 15) is 9.59 Å². The van der Waals surface area contributed by atoms with Crippen molar-refractivity contribution in [2.75, 3.05) is 62.0 Å². The second-order valence-corrected chi connectivity index (χ2v) is 8.48. The van der Waals surface area contributed by atoms with Crippen LogP contribution in [0.2, 0.25) is 5.02 Å². The summed E-state index contributed by atoms with van der Waals surface area (Å²) in [6, 6.07) is 13.0. The molecule has 2 saturated heterocycles. The van der Waals surface area contributed by atoms with Gasteiger partial charge in [0.1, 0.15) is 5.75 Å². The highest BCUT2D eigenvalue weighted by Gasteiger charge is 2.36. The first-order valence-corrected chi connectivity index (χ1v) is 10.8. The Bertz CT molecular complexity index is 958. The lowest BCUT2D eigenvalue weighted by Crippen LogP contribution is -2.44. The first-order valence-electron chi connectivity index (χ1n) is 10.4. The highest BCUT2D eigenvalue weighted by molar-refractivity contribution is 6.31. The standard InChI is InChI=1S/C23H27ClN4O3/c1-26-9-11-27(12-10-26)19-6-4-18(5-7-19)25-23(30)16-13-22(29)28(15-16)20-14-17(24)3-8-21(20)31-2/h3-8,14,16H,9-13,15H2,1-2H3,(H,25,30). The van der Waals surface area contributed by atoms with Gasteiger partial charge in [0.2, 0.25) is 11.8 Å². The molecule has 2 aliphatic rings. The zero-order chi connectivity index (χ0) is 22.0. The van der Waals surface area contributed by atoms with Crippen LogP contribution in [0.25, 0.3) is 0 Å². The van der Waals surface area contributed by atoms with Gasteiger partial charge < -0.3 is 24.8 Å². The Morgan fingerprint density at radius 1 is 1.10 bits per heavy atom. The third kappa shape index (κ3) is 4.78. The number of hydrogen-bond acceptors (Lipinski definition) is 5. The Kier molecular flexibility index (Phi) is 6.34. The number of carbonyl (C=O) groups excluding carboxylic acids is 2. The molecule has 0 radical (unpaired) electrons. The number of likely N-dealkylation sites (N-methyl/N-ethyl adjacent to an activating group) is 1. The first-order chi connectivity index (χ1) is 14.9. The zero-order valence-corrected chi connectivity index (χ0v) is 18.6. The Morgan fingerprint density at radius 2 is 1.81 bits per heavy atom. The Hall–Kier alpha value is -2.77. The number of nitrogens with one attached hydrogen (secondary N) is 1. The fourth-order valence-corrected chi connectivity index (χ4v) is 4.22. The monoisotopic (exact) mass is 442 g/mol. The molecule has 1 N–H and O–H groups in total. The molecule has 2 aromatic carbocycles. The molecule has 0 aromatic heterocycles. The maximum Gasteiger partial charge on any atom is 0.229 e. The fourth-order valence-electron chi connectivity index (χ4n) is 4.05. The Morgan fingerprint density at radius 3 is 2.48 bits per heavy atom. The number of methoxy groups -OCH3 is 1. The smallest absolute Gasteiger partial charge is 0.229 e. The molecule has 0 bridgehead atoms. The van der Waals surface area contributed by atoms with Crippen molar-refractivity contribution in [3.8, 4) is 5.75 Å². The summed E-state index contributed by atoms with van der Waals surface area (Å²) in [7, 11) is 3.68. The molecule has 8 heteroatoms. The molecule has 4 rings (SSSR count). The van der Waals surface area contributed by atoms with E-state index in [1.54, 1.807) is 30.2 Å². The van der Waals surface area contributed by atoms with E-state index in [1.165, 1.54) is 0 Å². The number of anilines is 3. The van der Waals surface area contributed by atoms with E-state index in [4.69, 9.17) is 16.3 Å². The summed E-state index contributed by atoms with van der Waals surface area (Å²) in [5, 5.41) is 3.46. The largest absolute Gasteiger partial charge is 0.495 e. The van der Waals surface area contributed by atoms with Gasteiger partial charge in [-0.2, -0.15) is 0 Å². The van der Waals surface area contributed by atoms with Crippen molar-refractivity contribution in [3.05, 3.63) is 47.5 Å². The van der Waals surface area contributed by atoms with Gasteiger partial charge in [-0.15, -0.1) is 0 Å². The van der Waals surface area contributed by atoms with E-state index >= 15 is 0 Å². The topological polar surface area (TPSA) is 65.1 Å². The number of rotatable bonds is 5. The summed E-state index contributed by atoms with van der Waals surface area (Å²) in [5.74, 6) is -0.165. The predicted molar refractivity (Wildman–Crippen MR) is 123 cm³/mol. The van der Waals surface area contributed by atoms with Crippen LogP contribution in [-0.4, -0.2) is 63.6 Å². The maximum absolute atomic E-state index is 12.8. The van der Waals surface area contributed by atoms with Crippen molar-refractivity contribution in [1.82, 2.24) is 4.90 Å². The number of amides is 2. The van der Waals surface area contributed by atoms with E-state index in [1.807, 2.05) is 24.3 Å². The van der Waals surface area contributed by atoms with Gasteiger partial charge in [-0.25, -0.2) is 0 Å². The van der Waals surface area contributed by atoms with Gasteiger partial charge >= 0.3 is 0 Å². The van der Waals surface area contributed by atoms with Crippen molar-refractivity contribution in [1.29, 1.82) is 0 Å². The highest BCUT2D eigenvalue weighted by atomic mass is 35.5. The minimum absolute atomic E-state index is 0.119. The van der Waals surface area contributed by atoms with Gasteiger partial charge in [-0.1, -0.05) is 11.6 Å². The molecule has 2 heterocycles. The fraction of sp³-hybridized carbons (Fsp3) is 0.391. The van der Waals surface area contributed by atoms with E-state index in [-0.39, 0.29) is 18.2 Å². The number of piperazine rings is 1. The van der Waals surface area contributed by atoms with Crippen LogP contribution in [0.5, 0.6) is 5.75 Å². The molecule has 0 spiro atoms. The molecule has 2 fully saturated rings. The molecule has 164 valence electrons. The number of hydrogen-bond donors (Lipinski definition) is 1. The second kappa shape index (κ2) is 9.16. The van der Waals surface area contributed by atoms with Crippen LogP contribution in [-0.2, 0) is 9.59 Å². The van der Waals surface area contributed by atoms with Crippen molar-refractivity contribution in [2.24, 2.45) is 5.92 Å². The maximum atomic E-state index is 12.8. The molecule has 1 unspecified atom stereocenters. The van der Waals surface area contributed by atoms with Crippen molar-refractivity contribution >= 4 is 40.5 Å². The average molecular weight is 443 g/mol. The summed E-state index contributed by atoms with van der Waals surface area (Å²) < 4.78 is 5.36. The van der Waals surface area contributed by atoms with E-state index in [0.717, 1.165) is 37.6 Å². The minimum atomic E-state index is -0.437. The molecular formula is C23H27ClN4O3. The van der Waals surface area contributed by atoms with Gasteiger partial charge in [-0.3, -0.25) is 9.59 Å². The number of ether oxygens (including phenoxy) is 1. The lowest BCUT2D eigenvalue weighted by Gasteiger charge is -2.34. The molecule has 0 aliphatic carbocycles. The third-order valence-electron chi connectivity index (χ3n) is 5.93. The quantitative estimate of drug-likeness (QED) is 0.770. The van der Waals surface area contributed by atoms with Gasteiger partial charge in [0, 0.05) is 55.5 Å². The van der Waals surface area contributed by atoms with Crippen LogP contribution >= 0.6 is 11.6 Å². The molecule has 2 aliphatic heterocycles. The van der Waals surface area contributed by atoms with Crippen LogP contribution < -0.4 is 19.9 Å². The highest BCUT2D eigenvalue weighted by Crippen LogP contribution is 2.35. The van der Waals surface area contributed by atoms with Crippen molar-refractivity contribution in [3.63, 3.8) is 0 Å². The lowest BCUT2D eigenvalue weighted by atomic mass is 10.1. The molecule has 2 aromatic rings. The molecule has 1 atom stereocenters. The van der Waals surface area contributed by atoms with Crippen LogP contribution in [0.4, 0.5) is 17.1 Å². The normalized spacial score (nSPS) is 19.6. The van der Waals surface area contributed by atoms with Gasteiger partial charge in [-0.05, 0) is 49.5 Å². The van der Waals surface area contributed by atoms with Crippen molar-refractivity contribution < 1.29 is 14.3 Å². The van der Waals surface area contributed by atoms with Crippen LogP contribution in [0.1, 0.15) is 6.42 Å². The third-order valence-corrected chi connectivity index (χ3v) is 6.17. The number of nitrogens with zero attached hydrogens (tertiary/aromatic N) is 3. The molecular weight excluding hydrogens is 416 g/mol. The molecule has 7 nitrogen and oxygen atoms in total. The van der Waals surface area contributed by atoms with Crippen LogP contribution in [0.15, 0.2) is 42.5 Å². The predicted octanol–water partition coefficient (Wildman–Crippen LogP) is 3.09. The number of halogens is 1. The van der Waals surface area contributed by atoms with Gasteiger partial charge in [0.25, 0.3) is 0 Å². The summed E-state index contributed by atoms with van der Waals surface area (Å²) in [6.07, 6.45) is 0.154. The first kappa shape index (κ1) is 21.5. The summed E-state index contributed by atoms with van der Waals surface area (Å²) in [5.41, 5.74) is 2.47. The Labute approximate surface area is 187 Å². The number of carbonyl (C=O) groups is 2. The van der Waals surface area contributed by atoms with Crippen LogP contribution in [0.3, 0.4) is 0 Å². The molecule has 2 amide bonds. The van der Waals surface area contributed by atoms with Crippen molar-refractivity contribution in [2.45, 2.75) is 6.42 Å². The second-order valence-electron chi connectivity index (χ2n) is 8.05. The summed E-state index contributed by atoms with van der Waals surface area (Å²) in [4.78, 5) is 31.7. The van der Waals surface area contributed by atoms with Gasteiger partial charge in [0.15, 0.2) is 0 Å². The Balaban J connectivity index is 1.39. The minimum Gasteiger partial charge on any atom is -0.495 e. The van der Waals surface area contributed by atoms with E-state index < -0.39 is 5.92 Å². The van der Waals surface area contributed by atoms with Crippen LogP contribution in [0, 0.1) is 5.92 Å². The lowest BCUT2D eigenvalue weighted by molar-refractivity contribution is -0.122. The molecule has 31 heavy (non-hydrogen) atoms. The zero-order valence-electron chi connectivity index (χ0n) is 17.8. The summed E-state index contributed by atoms with van der Waals surface area (Å²) in [6.45, 7) is 4.37. The van der Waals surface area contributed by atoms with E-state index in [2.05, 4.69) is 22.2 Å². The molecule has 0 saturated carbocycles. The van der Waals surface area contributed by atoms with Gasteiger partial charge in [0.05, 0.1) is 18.7 Å². The van der Waals surface area contributed by atoms with E-state index in [0.29, 0.717) is 23.0 Å². The average Bonchev–Trinajstić information content (AvgIpc) is 3.16. The SMILES string of the molecule is COc1ccc(Cl)cc1N1CC(C(=O)Nc2ccc(N3CCN(C)CC3)cc2)CC1=O.